The van der Waals surface area contributed by atoms with Crippen LogP contribution in [-0.4, -0.2) is 42.2 Å². The van der Waals surface area contributed by atoms with E-state index in [9.17, 15) is 4.79 Å². The molecular weight excluding hydrogens is 240 g/mol. The summed E-state index contributed by atoms with van der Waals surface area (Å²) in [6.45, 7) is 2.78. The Morgan fingerprint density at radius 3 is 2.53 bits per heavy atom. The van der Waals surface area contributed by atoms with Crippen LogP contribution in [0.5, 0.6) is 0 Å². The zero-order chi connectivity index (χ0) is 13.7. The largest absolute Gasteiger partial charge is 0.396 e. The van der Waals surface area contributed by atoms with E-state index in [0.29, 0.717) is 17.7 Å². The SMILES string of the molecule is NCC1CCC(C(=O)N2CCCC(CCO)C2)CC1. The summed E-state index contributed by atoms with van der Waals surface area (Å²) in [5.41, 5.74) is 5.70. The van der Waals surface area contributed by atoms with Gasteiger partial charge in [0.25, 0.3) is 0 Å². The lowest BCUT2D eigenvalue weighted by Crippen LogP contribution is -2.44. The molecule has 110 valence electrons. The Kier molecular flexibility index (Phi) is 5.64. The maximum Gasteiger partial charge on any atom is 0.225 e. The second-order valence-electron chi connectivity index (χ2n) is 6.26. The predicted octanol–water partition coefficient (Wildman–Crippen LogP) is 1.37. The molecule has 2 aliphatic rings. The molecular formula is C15H28N2O2. The Bertz CT molecular complexity index is 286. The van der Waals surface area contributed by atoms with Crippen molar-refractivity contribution in [3.05, 3.63) is 0 Å². The molecule has 1 unspecified atom stereocenters. The number of aliphatic hydroxyl groups excluding tert-OH is 1. The number of nitrogens with zero attached hydrogens (tertiary/aromatic N) is 1. The molecule has 0 radical (unpaired) electrons. The fourth-order valence-corrected chi connectivity index (χ4v) is 3.59. The molecule has 0 aromatic carbocycles. The average molecular weight is 268 g/mol. The van der Waals surface area contributed by atoms with E-state index in [-0.39, 0.29) is 12.5 Å². The zero-order valence-electron chi connectivity index (χ0n) is 11.9. The number of nitrogens with two attached hydrogens (primary N) is 1. The highest BCUT2D eigenvalue weighted by Gasteiger charge is 2.31. The predicted molar refractivity (Wildman–Crippen MR) is 75.5 cm³/mol. The molecule has 0 bridgehead atoms. The van der Waals surface area contributed by atoms with Gasteiger partial charge in [-0.3, -0.25) is 4.79 Å². The van der Waals surface area contributed by atoms with E-state index in [2.05, 4.69) is 4.90 Å². The van der Waals surface area contributed by atoms with Crippen molar-refractivity contribution < 1.29 is 9.90 Å². The average Bonchev–Trinajstić information content (AvgIpc) is 2.47. The molecule has 2 rings (SSSR count). The lowest BCUT2D eigenvalue weighted by molar-refractivity contribution is -0.138. The highest BCUT2D eigenvalue weighted by molar-refractivity contribution is 5.79. The molecule has 3 N–H and O–H groups in total. The first-order valence-corrected chi connectivity index (χ1v) is 7.84. The Labute approximate surface area is 116 Å². The summed E-state index contributed by atoms with van der Waals surface area (Å²) in [7, 11) is 0. The van der Waals surface area contributed by atoms with Crippen molar-refractivity contribution in [1.29, 1.82) is 0 Å². The van der Waals surface area contributed by atoms with Crippen molar-refractivity contribution in [2.45, 2.75) is 44.9 Å². The fraction of sp³-hybridized carbons (Fsp3) is 0.933. The topological polar surface area (TPSA) is 66.6 Å². The van der Waals surface area contributed by atoms with Crippen LogP contribution in [0, 0.1) is 17.8 Å². The third kappa shape index (κ3) is 3.93. The van der Waals surface area contributed by atoms with Gasteiger partial charge in [0.1, 0.15) is 0 Å². The number of carbonyl (C=O) groups is 1. The first kappa shape index (κ1) is 14.8. The third-order valence-corrected chi connectivity index (χ3v) is 4.90. The van der Waals surface area contributed by atoms with Crippen LogP contribution < -0.4 is 5.73 Å². The summed E-state index contributed by atoms with van der Waals surface area (Å²) in [6.07, 6.45) is 7.34. The van der Waals surface area contributed by atoms with E-state index >= 15 is 0 Å². The molecule has 4 nitrogen and oxygen atoms in total. The highest BCUT2D eigenvalue weighted by atomic mass is 16.3. The summed E-state index contributed by atoms with van der Waals surface area (Å²) < 4.78 is 0. The standard InChI is InChI=1S/C15H28N2O2/c16-10-12-3-5-14(6-4-12)15(19)17-8-1-2-13(11-17)7-9-18/h12-14,18H,1-11,16H2. The summed E-state index contributed by atoms with van der Waals surface area (Å²) >= 11 is 0. The second-order valence-corrected chi connectivity index (χ2v) is 6.26. The molecule has 0 aromatic rings. The number of piperidine rings is 1. The van der Waals surface area contributed by atoms with E-state index in [1.807, 2.05) is 0 Å². The van der Waals surface area contributed by atoms with E-state index in [1.54, 1.807) is 0 Å². The first-order chi connectivity index (χ1) is 9.24. The minimum absolute atomic E-state index is 0.232. The highest BCUT2D eigenvalue weighted by Crippen LogP contribution is 2.31. The maximum atomic E-state index is 12.5. The van der Waals surface area contributed by atoms with Crippen LogP contribution in [0.4, 0.5) is 0 Å². The van der Waals surface area contributed by atoms with E-state index < -0.39 is 0 Å². The van der Waals surface area contributed by atoms with Gasteiger partial charge < -0.3 is 15.7 Å². The molecule has 0 aromatic heterocycles. The van der Waals surface area contributed by atoms with Gasteiger partial charge in [0.2, 0.25) is 5.91 Å². The maximum absolute atomic E-state index is 12.5. The number of likely N-dealkylation sites (tertiary alicyclic amines) is 1. The number of aliphatic hydroxyl groups is 1. The normalized spacial score (nSPS) is 32.3. The van der Waals surface area contributed by atoms with Crippen LogP contribution in [0.3, 0.4) is 0 Å². The Morgan fingerprint density at radius 2 is 1.89 bits per heavy atom. The molecule has 1 saturated carbocycles. The van der Waals surface area contributed by atoms with Crippen molar-refractivity contribution in [3.8, 4) is 0 Å². The summed E-state index contributed by atoms with van der Waals surface area (Å²) in [5, 5.41) is 9.03. The van der Waals surface area contributed by atoms with Crippen LogP contribution in [0.2, 0.25) is 0 Å². The number of carbonyl (C=O) groups excluding carboxylic acids is 1. The van der Waals surface area contributed by atoms with Crippen LogP contribution >= 0.6 is 0 Å². The molecule has 1 aliphatic heterocycles. The lowest BCUT2D eigenvalue weighted by atomic mass is 9.81. The molecule has 1 aliphatic carbocycles. The van der Waals surface area contributed by atoms with Crippen molar-refractivity contribution in [1.82, 2.24) is 4.90 Å². The van der Waals surface area contributed by atoms with Crippen molar-refractivity contribution >= 4 is 5.91 Å². The molecule has 2 fully saturated rings. The van der Waals surface area contributed by atoms with E-state index in [4.69, 9.17) is 10.8 Å². The molecule has 4 heteroatoms. The van der Waals surface area contributed by atoms with Gasteiger partial charge in [0.15, 0.2) is 0 Å². The summed E-state index contributed by atoms with van der Waals surface area (Å²) in [6, 6.07) is 0. The molecule has 1 atom stereocenters. The fourth-order valence-electron chi connectivity index (χ4n) is 3.59. The van der Waals surface area contributed by atoms with Crippen LogP contribution in [0.1, 0.15) is 44.9 Å². The van der Waals surface area contributed by atoms with Gasteiger partial charge in [-0.05, 0) is 63.3 Å². The number of hydrogen-bond donors (Lipinski definition) is 2. The van der Waals surface area contributed by atoms with Crippen LogP contribution in [-0.2, 0) is 4.79 Å². The van der Waals surface area contributed by atoms with Crippen molar-refractivity contribution in [3.63, 3.8) is 0 Å². The molecule has 1 amide bonds. The van der Waals surface area contributed by atoms with Crippen LogP contribution in [0.25, 0.3) is 0 Å². The number of amides is 1. The molecule has 1 heterocycles. The van der Waals surface area contributed by atoms with Gasteiger partial charge in [-0.1, -0.05) is 0 Å². The van der Waals surface area contributed by atoms with Gasteiger partial charge in [0, 0.05) is 25.6 Å². The first-order valence-electron chi connectivity index (χ1n) is 7.84. The van der Waals surface area contributed by atoms with Gasteiger partial charge in [0.05, 0.1) is 0 Å². The van der Waals surface area contributed by atoms with E-state index in [0.717, 1.165) is 64.6 Å². The van der Waals surface area contributed by atoms with Gasteiger partial charge in [-0.25, -0.2) is 0 Å². The summed E-state index contributed by atoms with van der Waals surface area (Å²) in [5.74, 6) is 1.73. The minimum atomic E-state index is 0.232. The lowest BCUT2D eigenvalue weighted by Gasteiger charge is -2.36. The Balaban J connectivity index is 1.82. The number of hydrogen-bond acceptors (Lipinski definition) is 3. The molecule has 19 heavy (non-hydrogen) atoms. The quantitative estimate of drug-likeness (QED) is 0.809. The molecule has 0 spiro atoms. The Morgan fingerprint density at radius 1 is 1.16 bits per heavy atom. The van der Waals surface area contributed by atoms with Gasteiger partial charge >= 0.3 is 0 Å². The molecule has 1 saturated heterocycles. The van der Waals surface area contributed by atoms with Gasteiger partial charge in [-0.2, -0.15) is 0 Å². The zero-order valence-corrected chi connectivity index (χ0v) is 11.9. The van der Waals surface area contributed by atoms with Gasteiger partial charge in [-0.15, -0.1) is 0 Å². The smallest absolute Gasteiger partial charge is 0.225 e. The summed E-state index contributed by atoms with van der Waals surface area (Å²) in [4.78, 5) is 14.6. The van der Waals surface area contributed by atoms with Crippen molar-refractivity contribution in [2.75, 3.05) is 26.2 Å². The van der Waals surface area contributed by atoms with Crippen LogP contribution in [0.15, 0.2) is 0 Å². The second kappa shape index (κ2) is 7.25. The minimum Gasteiger partial charge on any atom is -0.396 e. The Hall–Kier alpha value is -0.610. The third-order valence-electron chi connectivity index (χ3n) is 4.90. The van der Waals surface area contributed by atoms with E-state index in [1.165, 1.54) is 0 Å². The number of rotatable bonds is 4. The monoisotopic (exact) mass is 268 g/mol. The van der Waals surface area contributed by atoms with Crippen molar-refractivity contribution in [2.24, 2.45) is 23.5 Å².